The summed E-state index contributed by atoms with van der Waals surface area (Å²) in [7, 11) is 0. The standard InChI is InChI=1S/C18H19N3OS/c19-8-9-20-17(22)12-21-18(16-5-2-10-23-16)15-7-6-13-3-1-4-14(13)11-15/h2,5-7,10-11,18,21H,1,3-4,9,12H2,(H,20,22)/t18-/m1/s1. The van der Waals surface area contributed by atoms with Crippen molar-refractivity contribution in [1.82, 2.24) is 10.6 Å². The maximum absolute atomic E-state index is 11.8. The predicted molar refractivity (Wildman–Crippen MR) is 91.3 cm³/mol. The fourth-order valence-corrected chi connectivity index (χ4v) is 3.83. The first-order chi connectivity index (χ1) is 11.3. The van der Waals surface area contributed by atoms with Crippen molar-refractivity contribution < 1.29 is 4.79 Å². The van der Waals surface area contributed by atoms with Crippen LogP contribution >= 0.6 is 11.3 Å². The highest BCUT2D eigenvalue weighted by Crippen LogP contribution is 2.30. The number of rotatable bonds is 6. The van der Waals surface area contributed by atoms with Gasteiger partial charge in [-0.05, 0) is 47.4 Å². The Labute approximate surface area is 140 Å². The number of carbonyl (C=O) groups is 1. The van der Waals surface area contributed by atoms with E-state index in [-0.39, 0.29) is 25.0 Å². The molecule has 0 radical (unpaired) electrons. The number of thiophene rings is 1. The summed E-state index contributed by atoms with van der Waals surface area (Å²) in [5.41, 5.74) is 4.08. The fraction of sp³-hybridized carbons (Fsp3) is 0.333. The maximum atomic E-state index is 11.8. The molecule has 1 aliphatic rings. The highest BCUT2D eigenvalue weighted by molar-refractivity contribution is 7.10. The molecular formula is C18H19N3OS. The Morgan fingerprint density at radius 2 is 2.17 bits per heavy atom. The van der Waals surface area contributed by atoms with E-state index in [0.717, 1.165) is 6.42 Å². The lowest BCUT2D eigenvalue weighted by atomic mass is 10.00. The highest BCUT2D eigenvalue weighted by Gasteiger charge is 2.19. The minimum Gasteiger partial charge on any atom is -0.342 e. The number of benzene rings is 1. The molecule has 1 amide bonds. The van der Waals surface area contributed by atoms with Crippen LogP contribution in [-0.4, -0.2) is 19.0 Å². The number of hydrogen-bond donors (Lipinski definition) is 2. The Bertz CT molecular complexity index is 718. The lowest BCUT2D eigenvalue weighted by molar-refractivity contribution is -0.120. The van der Waals surface area contributed by atoms with Gasteiger partial charge in [-0.1, -0.05) is 24.3 Å². The number of nitrogens with zero attached hydrogens (tertiary/aromatic N) is 1. The number of aryl methyl sites for hydroxylation is 2. The molecule has 0 fully saturated rings. The largest absolute Gasteiger partial charge is 0.342 e. The molecule has 1 aliphatic carbocycles. The SMILES string of the molecule is N#CCNC(=O)CN[C@H](c1ccc2c(c1)CCC2)c1cccs1. The van der Waals surface area contributed by atoms with Crippen molar-refractivity contribution in [3.8, 4) is 6.07 Å². The van der Waals surface area contributed by atoms with Crippen molar-refractivity contribution in [1.29, 1.82) is 5.26 Å². The van der Waals surface area contributed by atoms with Gasteiger partial charge in [-0.2, -0.15) is 5.26 Å². The monoisotopic (exact) mass is 325 g/mol. The van der Waals surface area contributed by atoms with Crippen LogP contribution in [0.4, 0.5) is 0 Å². The summed E-state index contributed by atoms with van der Waals surface area (Å²) in [6.45, 7) is 0.240. The number of hydrogen-bond acceptors (Lipinski definition) is 4. The van der Waals surface area contributed by atoms with E-state index in [1.54, 1.807) is 11.3 Å². The molecule has 0 bridgehead atoms. The van der Waals surface area contributed by atoms with Crippen LogP contribution in [0.15, 0.2) is 35.7 Å². The molecule has 4 nitrogen and oxygen atoms in total. The number of nitrogens with one attached hydrogen (secondary N) is 2. The molecule has 0 saturated heterocycles. The van der Waals surface area contributed by atoms with Crippen LogP contribution in [0.5, 0.6) is 0 Å². The molecule has 23 heavy (non-hydrogen) atoms. The summed E-state index contributed by atoms with van der Waals surface area (Å²) in [4.78, 5) is 13.0. The summed E-state index contributed by atoms with van der Waals surface area (Å²) in [5, 5.41) is 16.5. The zero-order valence-corrected chi connectivity index (χ0v) is 13.7. The van der Waals surface area contributed by atoms with Crippen LogP contribution in [0.25, 0.3) is 0 Å². The first-order valence-corrected chi connectivity index (χ1v) is 8.68. The van der Waals surface area contributed by atoms with Crippen LogP contribution in [0.2, 0.25) is 0 Å². The van der Waals surface area contributed by atoms with E-state index in [4.69, 9.17) is 5.26 Å². The van der Waals surface area contributed by atoms with Gasteiger partial charge < -0.3 is 5.32 Å². The average molecular weight is 325 g/mol. The van der Waals surface area contributed by atoms with Gasteiger partial charge in [-0.25, -0.2) is 0 Å². The molecule has 3 rings (SSSR count). The zero-order valence-electron chi connectivity index (χ0n) is 12.8. The quantitative estimate of drug-likeness (QED) is 0.802. The summed E-state index contributed by atoms with van der Waals surface area (Å²) < 4.78 is 0. The van der Waals surface area contributed by atoms with Crippen molar-refractivity contribution in [3.05, 3.63) is 57.3 Å². The number of fused-ring (bicyclic) bond motifs is 1. The summed E-state index contributed by atoms with van der Waals surface area (Å²) in [6, 6.07) is 12.7. The Morgan fingerprint density at radius 1 is 1.30 bits per heavy atom. The minimum atomic E-state index is -0.158. The topological polar surface area (TPSA) is 64.9 Å². The highest BCUT2D eigenvalue weighted by atomic mass is 32.1. The van der Waals surface area contributed by atoms with Gasteiger partial charge in [0.25, 0.3) is 0 Å². The molecule has 5 heteroatoms. The van der Waals surface area contributed by atoms with Gasteiger partial charge in [-0.15, -0.1) is 11.3 Å². The van der Waals surface area contributed by atoms with Crippen molar-refractivity contribution in [2.24, 2.45) is 0 Å². The molecule has 1 aromatic heterocycles. The normalized spacial score (nSPS) is 14.0. The predicted octanol–water partition coefficient (Wildman–Crippen LogP) is 2.56. The van der Waals surface area contributed by atoms with Crippen molar-refractivity contribution in [2.45, 2.75) is 25.3 Å². The Morgan fingerprint density at radius 3 is 2.96 bits per heavy atom. The van der Waals surface area contributed by atoms with E-state index in [1.165, 1.54) is 34.4 Å². The van der Waals surface area contributed by atoms with E-state index in [1.807, 2.05) is 17.5 Å². The third kappa shape index (κ3) is 3.79. The van der Waals surface area contributed by atoms with E-state index < -0.39 is 0 Å². The lowest BCUT2D eigenvalue weighted by Gasteiger charge is -2.19. The lowest BCUT2D eigenvalue weighted by Crippen LogP contribution is -2.36. The minimum absolute atomic E-state index is 0.00809. The van der Waals surface area contributed by atoms with Crippen molar-refractivity contribution in [3.63, 3.8) is 0 Å². The maximum Gasteiger partial charge on any atom is 0.234 e. The number of nitriles is 1. The second-order valence-electron chi connectivity index (χ2n) is 5.65. The number of carbonyl (C=O) groups excluding carboxylic acids is 1. The van der Waals surface area contributed by atoms with Crippen molar-refractivity contribution in [2.75, 3.05) is 13.1 Å². The molecule has 1 atom stereocenters. The molecule has 0 spiro atoms. The van der Waals surface area contributed by atoms with Crippen molar-refractivity contribution >= 4 is 17.2 Å². The Hall–Kier alpha value is -2.16. The molecule has 118 valence electrons. The van der Waals surface area contributed by atoms with Gasteiger partial charge in [0.05, 0.1) is 18.7 Å². The third-order valence-corrected chi connectivity index (χ3v) is 5.05. The van der Waals surface area contributed by atoms with Crippen LogP contribution in [0.3, 0.4) is 0 Å². The second kappa shape index (κ2) is 7.40. The molecule has 0 aliphatic heterocycles. The van der Waals surface area contributed by atoms with E-state index in [9.17, 15) is 4.79 Å². The summed E-state index contributed by atoms with van der Waals surface area (Å²) >= 11 is 1.68. The van der Waals surface area contributed by atoms with E-state index in [0.29, 0.717) is 0 Å². The molecule has 2 N–H and O–H groups in total. The van der Waals surface area contributed by atoms with Crippen LogP contribution in [0.1, 0.15) is 34.0 Å². The number of amides is 1. The van der Waals surface area contributed by atoms with Gasteiger partial charge in [0.2, 0.25) is 5.91 Å². The molecule has 0 unspecified atom stereocenters. The Balaban J connectivity index is 1.77. The molecular weight excluding hydrogens is 306 g/mol. The first kappa shape index (κ1) is 15.7. The first-order valence-electron chi connectivity index (χ1n) is 7.80. The van der Waals surface area contributed by atoms with Gasteiger partial charge in [0, 0.05) is 4.88 Å². The molecule has 1 heterocycles. The van der Waals surface area contributed by atoms with Crippen LogP contribution < -0.4 is 10.6 Å². The van der Waals surface area contributed by atoms with Crippen LogP contribution in [0, 0.1) is 11.3 Å². The average Bonchev–Trinajstić information content (AvgIpc) is 3.24. The van der Waals surface area contributed by atoms with Crippen LogP contribution in [-0.2, 0) is 17.6 Å². The van der Waals surface area contributed by atoms with Gasteiger partial charge in [-0.3, -0.25) is 10.1 Å². The zero-order chi connectivity index (χ0) is 16.1. The van der Waals surface area contributed by atoms with Gasteiger partial charge in [0.1, 0.15) is 6.54 Å². The smallest absolute Gasteiger partial charge is 0.234 e. The molecule has 1 aromatic carbocycles. The third-order valence-electron chi connectivity index (χ3n) is 4.11. The molecule has 2 aromatic rings. The van der Waals surface area contributed by atoms with Gasteiger partial charge >= 0.3 is 0 Å². The molecule has 0 saturated carbocycles. The summed E-state index contributed by atoms with van der Waals surface area (Å²) in [6.07, 6.45) is 3.54. The fourth-order valence-electron chi connectivity index (χ4n) is 3.00. The Kier molecular flexibility index (Phi) is 5.06. The summed E-state index contributed by atoms with van der Waals surface area (Å²) in [5.74, 6) is -0.158. The van der Waals surface area contributed by atoms with E-state index in [2.05, 4.69) is 34.9 Å². The van der Waals surface area contributed by atoms with Gasteiger partial charge in [0.15, 0.2) is 0 Å². The second-order valence-corrected chi connectivity index (χ2v) is 6.63. The van der Waals surface area contributed by atoms with E-state index >= 15 is 0 Å².